The van der Waals surface area contributed by atoms with E-state index in [1.54, 1.807) is 12.5 Å². The van der Waals surface area contributed by atoms with E-state index in [2.05, 4.69) is 33.1 Å². The number of furan rings is 1. The molecule has 0 saturated carbocycles. The number of piperidine rings is 1. The summed E-state index contributed by atoms with van der Waals surface area (Å²) < 4.78 is 5.09. The fourth-order valence-corrected chi connectivity index (χ4v) is 3.71. The molecular weight excluding hydrogens is 376 g/mol. The molecule has 0 radical (unpaired) electrons. The number of likely N-dealkylation sites (N-methyl/N-ethyl adjacent to an activating group) is 1. The number of anilines is 1. The number of hydrogen-bond donors (Lipinski definition) is 2. The second kappa shape index (κ2) is 9.33. The molecule has 4 heterocycles. The van der Waals surface area contributed by atoms with Crippen LogP contribution in [-0.2, 0) is 9.59 Å². The van der Waals surface area contributed by atoms with Crippen LogP contribution in [0.4, 0.5) is 5.82 Å². The summed E-state index contributed by atoms with van der Waals surface area (Å²) in [6, 6.07) is 7.34. The minimum Gasteiger partial charge on any atom is -0.478 e. The average molecular weight is 400 g/mol. The van der Waals surface area contributed by atoms with Crippen LogP contribution in [0.25, 0.3) is 11.3 Å². The van der Waals surface area contributed by atoms with Gasteiger partial charge in [-0.1, -0.05) is 6.42 Å². The lowest BCUT2D eigenvalue weighted by molar-refractivity contribution is -0.134. The summed E-state index contributed by atoms with van der Waals surface area (Å²) in [5.41, 5.74) is 1.84. The zero-order chi connectivity index (χ0) is 20.8. The van der Waals surface area contributed by atoms with E-state index >= 15 is 0 Å². The highest BCUT2D eigenvalue weighted by atomic mass is 16.4. The fraction of sp³-hybridized carbons (Fsp3) is 0.400. The van der Waals surface area contributed by atoms with Gasteiger partial charge in [0.2, 0.25) is 0 Å². The van der Waals surface area contributed by atoms with Crippen molar-refractivity contribution in [2.24, 2.45) is 0 Å². The first-order valence-electron chi connectivity index (χ1n) is 9.41. The van der Waals surface area contributed by atoms with Gasteiger partial charge in [-0.05, 0) is 38.1 Å². The van der Waals surface area contributed by atoms with Crippen LogP contribution in [0.1, 0.15) is 19.3 Å². The molecule has 0 aliphatic carbocycles. The largest absolute Gasteiger partial charge is 0.478 e. The Labute approximate surface area is 168 Å². The minimum absolute atomic E-state index is 0.558. The van der Waals surface area contributed by atoms with Crippen LogP contribution in [0, 0.1) is 0 Å². The van der Waals surface area contributed by atoms with Gasteiger partial charge in [0.15, 0.2) is 5.82 Å². The average Bonchev–Trinajstić information content (AvgIpc) is 3.22. The molecule has 0 amide bonds. The van der Waals surface area contributed by atoms with Crippen LogP contribution in [0.5, 0.6) is 0 Å². The predicted octanol–water partition coefficient (Wildman–Crippen LogP) is 2.12. The molecule has 2 N–H and O–H groups in total. The van der Waals surface area contributed by atoms with Crippen molar-refractivity contribution in [3.8, 4) is 11.3 Å². The minimum atomic E-state index is -1.26. The smallest absolute Gasteiger partial charge is 0.328 e. The van der Waals surface area contributed by atoms with E-state index in [1.165, 1.54) is 19.3 Å². The van der Waals surface area contributed by atoms with Crippen molar-refractivity contribution in [2.75, 3.05) is 25.0 Å². The van der Waals surface area contributed by atoms with E-state index in [0.717, 1.165) is 30.2 Å². The third-order valence-electron chi connectivity index (χ3n) is 5.25. The molecule has 4 rings (SSSR count). The van der Waals surface area contributed by atoms with E-state index in [9.17, 15) is 9.59 Å². The van der Waals surface area contributed by atoms with Gasteiger partial charge >= 0.3 is 11.9 Å². The number of aliphatic carboxylic acids is 2. The Morgan fingerprint density at radius 1 is 1.07 bits per heavy atom. The van der Waals surface area contributed by atoms with Gasteiger partial charge in [0.25, 0.3) is 0 Å². The normalized spacial score (nSPS) is 21.5. The number of hydrogen-bond acceptors (Lipinski definition) is 7. The van der Waals surface area contributed by atoms with Gasteiger partial charge in [-0.2, -0.15) is 0 Å². The van der Waals surface area contributed by atoms with Crippen molar-refractivity contribution >= 4 is 17.8 Å². The lowest BCUT2D eigenvalue weighted by Gasteiger charge is -2.48. The van der Waals surface area contributed by atoms with Crippen molar-refractivity contribution in [1.29, 1.82) is 0 Å². The van der Waals surface area contributed by atoms with Crippen LogP contribution in [0.3, 0.4) is 0 Å². The number of carbonyl (C=O) groups is 2. The third kappa shape index (κ3) is 5.41. The maximum Gasteiger partial charge on any atom is 0.328 e. The van der Waals surface area contributed by atoms with Crippen molar-refractivity contribution in [1.82, 2.24) is 15.1 Å². The zero-order valence-corrected chi connectivity index (χ0v) is 16.1. The Bertz CT molecular complexity index is 820. The van der Waals surface area contributed by atoms with Crippen LogP contribution >= 0.6 is 0 Å². The monoisotopic (exact) mass is 400 g/mol. The number of fused-ring (bicyclic) bond motifs is 2. The predicted molar refractivity (Wildman–Crippen MR) is 106 cm³/mol. The lowest BCUT2D eigenvalue weighted by atomic mass is 9.92. The van der Waals surface area contributed by atoms with Gasteiger partial charge in [0.1, 0.15) is 0 Å². The first kappa shape index (κ1) is 20.5. The summed E-state index contributed by atoms with van der Waals surface area (Å²) in [6.45, 7) is 2.12. The van der Waals surface area contributed by atoms with Gasteiger partial charge in [0, 0.05) is 42.9 Å². The molecule has 2 unspecified atom stereocenters. The van der Waals surface area contributed by atoms with Crippen molar-refractivity contribution in [2.45, 2.75) is 31.3 Å². The molecule has 2 aromatic rings. The molecule has 154 valence electrons. The fourth-order valence-electron chi connectivity index (χ4n) is 3.71. The molecule has 9 nitrogen and oxygen atoms in total. The Balaban J connectivity index is 0.000000258. The van der Waals surface area contributed by atoms with E-state index in [1.807, 2.05) is 12.1 Å². The van der Waals surface area contributed by atoms with Gasteiger partial charge in [0.05, 0.1) is 18.2 Å². The molecular formula is C20H24N4O5. The number of aromatic nitrogens is 2. The molecule has 2 bridgehead atoms. The summed E-state index contributed by atoms with van der Waals surface area (Å²) in [7, 11) is 2.26. The summed E-state index contributed by atoms with van der Waals surface area (Å²) in [5.74, 6) is -1.52. The number of rotatable bonds is 4. The second-order valence-corrected chi connectivity index (χ2v) is 7.11. The van der Waals surface area contributed by atoms with Gasteiger partial charge < -0.3 is 19.5 Å². The van der Waals surface area contributed by atoms with Crippen molar-refractivity contribution in [3.05, 3.63) is 42.9 Å². The summed E-state index contributed by atoms with van der Waals surface area (Å²) in [6.07, 6.45) is 8.42. The van der Waals surface area contributed by atoms with Crippen LogP contribution in [0.15, 0.2) is 47.3 Å². The molecule has 2 fully saturated rings. The van der Waals surface area contributed by atoms with Crippen molar-refractivity contribution in [3.63, 3.8) is 0 Å². The summed E-state index contributed by atoms with van der Waals surface area (Å²) in [4.78, 5) is 24.0. The molecule has 2 aliphatic rings. The van der Waals surface area contributed by atoms with E-state index in [4.69, 9.17) is 14.6 Å². The Morgan fingerprint density at radius 2 is 1.72 bits per heavy atom. The maximum absolute atomic E-state index is 9.55. The number of carboxylic acids is 2. The summed E-state index contributed by atoms with van der Waals surface area (Å²) >= 11 is 0. The van der Waals surface area contributed by atoms with Gasteiger partial charge in [-0.3, -0.25) is 4.90 Å². The first-order chi connectivity index (χ1) is 13.9. The highest BCUT2D eigenvalue weighted by Crippen LogP contribution is 2.29. The topological polar surface area (TPSA) is 120 Å². The van der Waals surface area contributed by atoms with E-state index in [0.29, 0.717) is 24.2 Å². The van der Waals surface area contributed by atoms with Crippen molar-refractivity contribution < 1.29 is 24.2 Å². The highest BCUT2D eigenvalue weighted by molar-refractivity contribution is 5.89. The standard InChI is InChI=1S/C16H20N4O.C4H4O4/c1-19-13-3-2-4-14(19)10-20(9-13)16-6-5-15(17-18-16)12-7-8-21-11-12;5-3(6)1-2-4(7)8/h5-8,11,13-14H,2-4,9-10H2,1H3;1-2H,(H,5,6)(H,7,8)/b;2-1+. The molecule has 2 saturated heterocycles. The molecule has 0 aromatic carbocycles. The third-order valence-corrected chi connectivity index (χ3v) is 5.25. The highest BCUT2D eigenvalue weighted by Gasteiger charge is 2.35. The number of carboxylic acid groups (broad SMARTS) is 2. The first-order valence-corrected chi connectivity index (χ1v) is 9.41. The summed E-state index contributed by atoms with van der Waals surface area (Å²) in [5, 5.41) is 24.4. The number of nitrogens with zero attached hydrogens (tertiary/aromatic N) is 4. The number of piperazine rings is 1. The Kier molecular flexibility index (Phi) is 6.61. The lowest BCUT2D eigenvalue weighted by Crippen LogP contribution is -2.59. The molecule has 2 aliphatic heterocycles. The van der Waals surface area contributed by atoms with Crippen LogP contribution in [-0.4, -0.2) is 69.5 Å². The molecule has 2 aromatic heterocycles. The maximum atomic E-state index is 9.55. The zero-order valence-electron chi connectivity index (χ0n) is 16.1. The Hall–Kier alpha value is -3.20. The van der Waals surface area contributed by atoms with E-state index in [-0.39, 0.29) is 0 Å². The van der Waals surface area contributed by atoms with Crippen LogP contribution < -0.4 is 4.90 Å². The Morgan fingerprint density at radius 3 is 2.21 bits per heavy atom. The SMILES string of the molecule is CN1C2CCCC1CN(c1ccc(-c3ccoc3)nn1)C2.O=C(O)/C=C/C(=O)O. The molecule has 0 spiro atoms. The van der Waals surface area contributed by atoms with E-state index < -0.39 is 11.9 Å². The molecule has 2 atom stereocenters. The second-order valence-electron chi connectivity index (χ2n) is 7.11. The quantitative estimate of drug-likeness (QED) is 0.744. The van der Waals surface area contributed by atoms with Gasteiger partial charge in [-0.25, -0.2) is 9.59 Å². The van der Waals surface area contributed by atoms with Crippen LogP contribution in [0.2, 0.25) is 0 Å². The molecule has 29 heavy (non-hydrogen) atoms. The van der Waals surface area contributed by atoms with Gasteiger partial charge in [-0.15, -0.1) is 10.2 Å². The molecule has 9 heteroatoms.